The van der Waals surface area contributed by atoms with E-state index in [0.29, 0.717) is 19.8 Å². The summed E-state index contributed by atoms with van der Waals surface area (Å²) in [6.45, 7) is 4.32. The molecule has 1 saturated heterocycles. The summed E-state index contributed by atoms with van der Waals surface area (Å²) in [6.07, 6.45) is 5.06. The van der Waals surface area contributed by atoms with Gasteiger partial charge in [0.25, 0.3) is 11.8 Å². The lowest BCUT2D eigenvalue weighted by Crippen LogP contribution is -2.42. The molecule has 2 N–H and O–H groups in total. The molecule has 3 heterocycles. The number of morpholine rings is 1. The van der Waals surface area contributed by atoms with E-state index in [4.69, 9.17) is 9.15 Å². The van der Waals surface area contributed by atoms with E-state index >= 15 is 0 Å². The third-order valence-corrected chi connectivity index (χ3v) is 5.28. The minimum Gasteiger partial charge on any atom is -0.459 e. The van der Waals surface area contributed by atoms with Crippen LogP contribution in [0.4, 0.5) is 0 Å². The number of aryl methyl sites for hydroxylation is 1. The highest BCUT2D eigenvalue weighted by atomic mass is 16.5. The zero-order valence-corrected chi connectivity index (χ0v) is 17.5. The number of aromatic nitrogens is 1. The van der Waals surface area contributed by atoms with Gasteiger partial charge in [0.15, 0.2) is 5.76 Å². The second-order valence-corrected chi connectivity index (χ2v) is 7.41. The third kappa shape index (κ3) is 5.04. The van der Waals surface area contributed by atoms with Crippen molar-refractivity contribution in [2.45, 2.75) is 0 Å². The molecule has 2 aromatic heterocycles. The minimum absolute atomic E-state index is 0.143. The van der Waals surface area contributed by atoms with Crippen molar-refractivity contribution in [2.75, 3.05) is 39.4 Å². The molecule has 8 heteroatoms. The summed E-state index contributed by atoms with van der Waals surface area (Å²) in [4.78, 5) is 27.7. The van der Waals surface area contributed by atoms with Crippen LogP contribution >= 0.6 is 0 Å². The van der Waals surface area contributed by atoms with Crippen LogP contribution in [0.5, 0.6) is 0 Å². The number of para-hydroxylation sites is 1. The number of ether oxygens (including phenoxy) is 1. The highest BCUT2D eigenvalue weighted by Crippen LogP contribution is 2.22. The highest BCUT2D eigenvalue weighted by Gasteiger charge is 2.18. The van der Waals surface area contributed by atoms with E-state index in [1.165, 1.54) is 6.26 Å². The van der Waals surface area contributed by atoms with Crippen molar-refractivity contribution in [3.8, 4) is 0 Å². The van der Waals surface area contributed by atoms with Gasteiger partial charge in [0.1, 0.15) is 5.70 Å². The maximum atomic E-state index is 13.0. The van der Waals surface area contributed by atoms with E-state index in [1.54, 1.807) is 18.2 Å². The number of nitrogens with one attached hydrogen (secondary N) is 2. The molecule has 1 aliphatic rings. The topological polar surface area (TPSA) is 88.7 Å². The van der Waals surface area contributed by atoms with Crippen molar-refractivity contribution in [3.05, 3.63) is 65.9 Å². The molecule has 3 aromatic rings. The first-order valence-corrected chi connectivity index (χ1v) is 10.3. The summed E-state index contributed by atoms with van der Waals surface area (Å²) in [7, 11) is 1.95. The number of fused-ring (bicyclic) bond motifs is 1. The molecule has 162 valence electrons. The van der Waals surface area contributed by atoms with E-state index in [-0.39, 0.29) is 17.4 Å². The van der Waals surface area contributed by atoms with E-state index in [0.717, 1.165) is 36.1 Å². The molecule has 1 aromatic carbocycles. The van der Waals surface area contributed by atoms with Crippen LogP contribution in [0.1, 0.15) is 16.1 Å². The Labute approximate surface area is 180 Å². The molecule has 4 rings (SSSR count). The fraction of sp³-hybridized carbons (Fsp3) is 0.304. The van der Waals surface area contributed by atoms with Crippen molar-refractivity contribution < 1.29 is 18.7 Å². The smallest absolute Gasteiger partial charge is 0.291 e. The number of hydrogen-bond donors (Lipinski definition) is 2. The average Bonchev–Trinajstić information content (AvgIpc) is 3.43. The summed E-state index contributed by atoms with van der Waals surface area (Å²) in [5.74, 6) is -0.675. The Morgan fingerprint density at radius 1 is 1.13 bits per heavy atom. The van der Waals surface area contributed by atoms with E-state index in [2.05, 4.69) is 15.5 Å². The fourth-order valence-corrected chi connectivity index (χ4v) is 3.64. The monoisotopic (exact) mass is 422 g/mol. The third-order valence-electron chi connectivity index (χ3n) is 5.28. The maximum Gasteiger partial charge on any atom is 0.291 e. The van der Waals surface area contributed by atoms with Gasteiger partial charge in [-0.25, -0.2) is 0 Å². The zero-order valence-electron chi connectivity index (χ0n) is 17.5. The van der Waals surface area contributed by atoms with Crippen LogP contribution < -0.4 is 10.6 Å². The second kappa shape index (κ2) is 9.63. The Morgan fingerprint density at radius 2 is 1.94 bits per heavy atom. The van der Waals surface area contributed by atoms with Crippen molar-refractivity contribution in [1.82, 2.24) is 20.1 Å². The zero-order chi connectivity index (χ0) is 21.6. The van der Waals surface area contributed by atoms with Crippen LogP contribution in [-0.4, -0.2) is 60.7 Å². The summed E-state index contributed by atoms with van der Waals surface area (Å²) in [5.41, 5.74) is 2.05. The quantitative estimate of drug-likeness (QED) is 0.569. The van der Waals surface area contributed by atoms with Crippen molar-refractivity contribution in [1.29, 1.82) is 0 Å². The molecule has 0 bridgehead atoms. The molecule has 2 amide bonds. The van der Waals surface area contributed by atoms with Gasteiger partial charge in [-0.1, -0.05) is 18.2 Å². The lowest BCUT2D eigenvalue weighted by atomic mass is 10.1. The van der Waals surface area contributed by atoms with Gasteiger partial charge in [-0.15, -0.1) is 0 Å². The molecule has 1 fully saturated rings. The van der Waals surface area contributed by atoms with Crippen LogP contribution in [0.25, 0.3) is 17.0 Å². The van der Waals surface area contributed by atoms with Crippen LogP contribution in [0, 0.1) is 0 Å². The number of nitrogens with zero attached hydrogens (tertiary/aromatic N) is 2. The largest absolute Gasteiger partial charge is 0.459 e. The second-order valence-electron chi connectivity index (χ2n) is 7.41. The Bertz CT molecular complexity index is 1080. The molecule has 8 nitrogen and oxygen atoms in total. The number of benzene rings is 1. The van der Waals surface area contributed by atoms with E-state index < -0.39 is 5.91 Å². The molecular weight excluding hydrogens is 396 g/mol. The van der Waals surface area contributed by atoms with Gasteiger partial charge in [0.05, 0.1) is 19.5 Å². The van der Waals surface area contributed by atoms with Gasteiger partial charge in [-0.3, -0.25) is 14.5 Å². The first kappa shape index (κ1) is 20.9. The SMILES string of the molecule is Cn1cc(C=C(NC(=O)c2ccco2)C(=O)NCCN2CCOCC2)c2ccccc21. The lowest BCUT2D eigenvalue weighted by molar-refractivity contribution is -0.117. The molecule has 0 saturated carbocycles. The molecule has 0 aliphatic carbocycles. The first-order chi connectivity index (χ1) is 15.1. The summed E-state index contributed by atoms with van der Waals surface area (Å²) in [5, 5.41) is 6.61. The number of furan rings is 1. The Balaban J connectivity index is 1.53. The summed E-state index contributed by atoms with van der Waals surface area (Å²) in [6, 6.07) is 11.1. The molecular formula is C23H26N4O4. The molecule has 1 aliphatic heterocycles. The van der Waals surface area contributed by atoms with Crippen LogP contribution in [0.2, 0.25) is 0 Å². The van der Waals surface area contributed by atoms with Gasteiger partial charge in [0.2, 0.25) is 0 Å². The number of carbonyl (C=O) groups is 2. The van der Waals surface area contributed by atoms with Crippen molar-refractivity contribution >= 4 is 28.8 Å². The molecule has 0 atom stereocenters. The predicted octanol–water partition coefficient (Wildman–Crippen LogP) is 1.99. The minimum atomic E-state index is -0.472. The Hall–Kier alpha value is -3.36. The molecule has 0 unspecified atom stereocenters. The summed E-state index contributed by atoms with van der Waals surface area (Å²) >= 11 is 0. The highest BCUT2D eigenvalue weighted by molar-refractivity contribution is 6.05. The van der Waals surface area contributed by atoms with Crippen LogP contribution in [0.3, 0.4) is 0 Å². The Morgan fingerprint density at radius 3 is 2.71 bits per heavy atom. The van der Waals surface area contributed by atoms with Gasteiger partial charge in [-0.05, 0) is 24.3 Å². The van der Waals surface area contributed by atoms with Crippen molar-refractivity contribution in [2.24, 2.45) is 7.05 Å². The predicted molar refractivity (Wildman–Crippen MR) is 117 cm³/mol. The fourth-order valence-electron chi connectivity index (χ4n) is 3.64. The van der Waals surface area contributed by atoms with Gasteiger partial charge in [-0.2, -0.15) is 0 Å². The molecule has 31 heavy (non-hydrogen) atoms. The molecule has 0 radical (unpaired) electrons. The van der Waals surface area contributed by atoms with Gasteiger partial charge in [0, 0.05) is 55.9 Å². The van der Waals surface area contributed by atoms with Gasteiger partial charge >= 0.3 is 0 Å². The van der Waals surface area contributed by atoms with Crippen molar-refractivity contribution in [3.63, 3.8) is 0 Å². The number of rotatable bonds is 7. The summed E-state index contributed by atoms with van der Waals surface area (Å²) < 4.78 is 12.5. The van der Waals surface area contributed by atoms with Gasteiger partial charge < -0.3 is 24.4 Å². The average molecular weight is 422 g/mol. The number of hydrogen-bond acceptors (Lipinski definition) is 5. The van der Waals surface area contributed by atoms with E-state index in [1.807, 2.05) is 42.1 Å². The molecule has 0 spiro atoms. The van der Waals surface area contributed by atoms with Crippen LogP contribution in [0.15, 0.2) is 59.0 Å². The lowest BCUT2D eigenvalue weighted by Gasteiger charge is -2.26. The number of amides is 2. The van der Waals surface area contributed by atoms with E-state index in [9.17, 15) is 9.59 Å². The normalized spacial score (nSPS) is 15.2. The van der Waals surface area contributed by atoms with Crippen LogP contribution in [-0.2, 0) is 16.6 Å². The first-order valence-electron chi connectivity index (χ1n) is 10.3. The maximum absolute atomic E-state index is 13.0. The standard InChI is InChI=1S/C23H26N4O4/c1-26-16-17(18-5-2-3-6-20(18)26)15-19(25-23(29)21-7-4-12-31-21)22(28)24-8-9-27-10-13-30-14-11-27/h2-7,12,15-16H,8-11,13-14H2,1H3,(H,24,28)(H,25,29). The Kier molecular flexibility index (Phi) is 6.49. The number of carbonyl (C=O) groups excluding carboxylic acids is 2.